The van der Waals surface area contributed by atoms with E-state index in [1.54, 1.807) is 18.2 Å². The van der Waals surface area contributed by atoms with Gasteiger partial charge in [0, 0.05) is 23.9 Å². The number of esters is 1. The van der Waals surface area contributed by atoms with Gasteiger partial charge in [0.2, 0.25) is 0 Å². The Morgan fingerprint density at radius 2 is 1.73 bits per heavy atom. The molecule has 0 aliphatic heterocycles. The van der Waals surface area contributed by atoms with Crippen molar-refractivity contribution < 1.29 is 22.7 Å². The summed E-state index contributed by atoms with van der Waals surface area (Å²) in [6.07, 6.45) is 3.57. The van der Waals surface area contributed by atoms with E-state index in [0.717, 1.165) is 19.3 Å². The van der Waals surface area contributed by atoms with E-state index in [9.17, 15) is 18.0 Å². The second-order valence-electron chi connectivity index (χ2n) is 8.05. The highest BCUT2D eigenvalue weighted by atomic mass is 19.4. The predicted octanol–water partition coefficient (Wildman–Crippen LogP) is 6.34. The summed E-state index contributed by atoms with van der Waals surface area (Å²) >= 11 is 0. The molecule has 30 heavy (non-hydrogen) atoms. The van der Waals surface area contributed by atoms with Crippen LogP contribution >= 0.6 is 0 Å². The minimum absolute atomic E-state index is 0.144. The zero-order valence-corrected chi connectivity index (χ0v) is 18.2. The number of rotatable bonds is 12. The summed E-state index contributed by atoms with van der Waals surface area (Å²) in [5, 5.41) is 0.347. The Labute approximate surface area is 176 Å². The molecule has 0 atom stereocenters. The lowest BCUT2D eigenvalue weighted by atomic mass is 10.1. The normalized spacial score (nSPS) is 12.1. The topological polar surface area (TPSA) is 45.3 Å². The molecular formula is C23H33F3N2O2. The lowest BCUT2D eigenvalue weighted by molar-refractivity contribution is -0.141. The average molecular weight is 427 g/mol. The van der Waals surface area contributed by atoms with Crippen LogP contribution in [0.3, 0.4) is 0 Å². The molecule has 7 heteroatoms. The van der Waals surface area contributed by atoms with Gasteiger partial charge >= 0.3 is 12.1 Å². The Morgan fingerprint density at radius 1 is 1.07 bits per heavy atom. The number of unbranched alkanes of at least 4 members (excludes halogenated alkanes) is 6. The minimum atomic E-state index is -4.50. The Hall–Kier alpha value is -2.02. The first-order valence-electron chi connectivity index (χ1n) is 10.8. The molecule has 2 aromatic rings. The largest absolute Gasteiger partial charge is 0.431 e. The van der Waals surface area contributed by atoms with Crippen molar-refractivity contribution in [1.29, 1.82) is 0 Å². The molecule has 0 unspecified atom stereocenters. The van der Waals surface area contributed by atoms with Gasteiger partial charge in [-0.1, -0.05) is 51.5 Å². The first kappa shape index (κ1) is 24.3. The van der Waals surface area contributed by atoms with Crippen molar-refractivity contribution in [2.75, 3.05) is 20.6 Å². The van der Waals surface area contributed by atoms with Crippen LogP contribution < -0.4 is 4.74 Å². The zero-order chi connectivity index (χ0) is 22.1. The molecule has 2 rings (SSSR count). The van der Waals surface area contributed by atoms with E-state index in [4.69, 9.17) is 4.74 Å². The molecule has 0 fully saturated rings. The van der Waals surface area contributed by atoms with Gasteiger partial charge in [0.25, 0.3) is 0 Å². The van der Waals surface area contributed by atoms with Crippen molar-refractivity contribution in [1.82, 2.24) is 9.88 Å². The highest BCUT2D eigenvalue weighted by Gasteiger charge is 2.37. The second-order valence-corrected chi connectivity index (χ2v) is 8.05. The number of carbonyl (C=O) groups excluding carboxylic acids is 1. The highest BCUT2D eigenvalue weighted by Crippen LogP contribution is 2.39. The molecule has 1 aromatic carbocycles. The van der Waals surface area contributed by atoms with Crippen LogP contribution in [0.15, 0.2) is 18.2 Å². The van der Waals surface area contributed by atoms with Crippen LogP contribution in [0.1, 0.15) is 69.5 Å². The van der Waals surface area contributed by atoms with Crippen molar-refractivity contribution in [2.24, 2.45) is 0 Å². The lowest BCUT2D eigenvalue weighted by Gasteiger charge is -2.13. The fraction of sp³-hybridized carbons (Fsp3) is 0.609. The molecule has 0 saturated heterocycles. The first-order valence-corrected chi connectivity index (χ1v) is 10.8. The summed E-state index contributed by atoms with van der Waals surface area (Å²) in [6.45, 7) is 2.63. The van der Waals surface area contributed by atoms with E-state index in [1.165, 1.54) is 25.7 Å². The van der Waals surface area contributed by atoms with Crippen molar-refractivity contribution in [3.8, 4) is 5.75 Å². The third-order valence-corrected chi connectivity index (χ3v) is 5.19. The predicted molar refractivity (Wildman–Crippen MR) is 114 cm³/mol. The zero-order valence-electron chi connectivity index (χ0n) is 18.2. The van der Waals surface area contributed by atoms with Crippen LogP contribution in [-0.4, -0.2) is 36.5 Å². The Morgan fingerprint density at radius 3 is 2.37 bits per heavy atom. The van der Waals surface area contributed by atoms with Gasteiger partial charge in [-0.05, 0) is 44.6 Å². The molecule has 0 saturated carbocycles. The van der Waals surface area contributed by atoms with Gasteiger partial charge in [-0.25, -0.2) is 0 Å². The molecule has 0 aliphatic carbocycles. The van der Waals surface area contributed by atoms with Crippen LogP contribution in [0, 0.1) is 0 Å². The van der Waals surface area contributed by atoms with Crippen molar-refractivity contribution in [3.05, 3.63) is 29.5 Å². The SMILES string of the molecule is CCCCCCCCCC(=O)Oc1cccc2[nH]c(C(F)(F)F)c(CCN(C)C)c12. The number of halogens is 3. The number of nitrogens with zero attached hydrogens (tertiary/aromatic N) is 1. The third-order valence-electron chi connectivity index (χ3n) is 5.19. The lowest BCUT2D eigenvalue weighted by Crippen LogP contribution is -2.17. The van der Waals surface area contributed by atoms with Gasteiger partial charge in [0.15, 0.2) is 0 Å². The summed E-state index contributed by atoms with van der Waals surface area (Å²) in [6, 6.07) is 4.75. The van der Waals surface area contributed by atoms with Crippen LogP contribution in [0.4, 0.5) is 13.2 Å². The molecular weight excluding hydrogens is 393 g/mol. The van der Waals surface area contributed by atoms with Gasteiger partial charge in [0.1, 0.15) is 11.4 Å². The smallest absolute Gasteiger partial charge is 0.426 e. The van der Waals surface area contributed by atoms with Gasteiger partial charge in [-0.2, -0.15) is 13.2 Å². The van der Waals surface area contributed by atoms with E-state index in [1.807, 2.05) is 19.0 Å². The fourth-order valence-corrected chi connectivity index (χ4v) is 3.59. The van der Waals surface area contributed by atoms with Crippen molar-refractivity contribution in [3.63, 3.8) is 0 Å². The van der Waals surface area contributed by atoms with E-state index in [0.29, 0.717) is 17.4 Å². The van der Waals surface area contributed by atoms with Gasteiger partial charge in [-0.3, -0.25) is 4.79 Å². The summed E-state index contributed by atoms with van der Waals surface area (Å²) in [7, 11) is 3.62. The number of aromatic amines is 1. The minimum Gasteiger partial charge on any atom is -0.426 e. The number of carbonyl (C=O) groups is 1. The number of hydrogen-bond donors (Lipinski definition) is 1. The number of likely N-dealkylation sites (N-methyl/N-ethyl adjacent to an activating group) is 1. The van der Waals surface area contributed by atoms with Gasteiger partial charge < -0.3 is 14.6 Å². The molecule has 1 heterocycles. The van der Waals surface area contributed by atoms with Crippen LogP contribution in [0.25, 0.3) is 10.9 Å². The van der Waals surface area contributed by atoms with Crippen LogP contribution in [0.5, 0.6) is 5.75 Å². The van der Waals surface area contributed by atoms with Crippen molar-refractivity contribution >= 4 is 16.9 Å². The summed E-state index contributed by atoms with van der Waals surface area (Å²) in [5.41, 5.74) is -0.294. The third kappa shape index (κ3) is 7.04. The van der Waals surface area contributed by atoms with Gasteiger partial charge in [0.05, 0.1) is 0 Å². The van der Waals surface area contributed by atoms with Crippen molar-refractivity contribution in [2.45, 2.75) is 70.9 Å². The molecule has 0 bridgehead atoms. The molecule has 168 valence electrons. The standard InChI is InChI=1S/C23H33F3N2O2/c1-4-5-6-7-8-9-10-14-20(29)30-19-13-11-12-18-21(19)17(15-16-28(2)3)22(27-18)23(24,25)26/h11-13,27H,4-10,14-16H2,1-3H3. The number of ether oxygens (including phenoxy) is 1. The Balaban J connectivity index is 2.11. The van der Waals surface area contributed by atoms with E-state index in [2.05, 4.69) is 11.9 Å². The molecule has 1 aromatic heterocycles. The molecule has 0 amide bonds. The number of nitrogens with one attached hydrogen (secondary N) is 1. The molecule has 0 aliphatic rings. The number of fused-ring (bicyclic) bond motifs is 1. The first-order chi connectivity index (χ1) is 14.2. The Kier molecular flexibility index (Phi) is 9.21. The quantitative estimate of drug-likeness (QED) is 0.245. The maximum Gasteiger partial charge on any atom is 0.431 e. The Bertz CT molecular complexity index is 813. The number of alkyl halides is 3. The van der Waals surface area contributed by atoms with E-state index in [-0.39, 0.29) is 24.2 Å². The monoisotopic (exact) mass is 426 g/mol. The van der Waals surface area contributed by atoms with Crippen LogP contribution in [0.2, 0.25) is 0 Å². The second kappa shape index (κ2) is 11.4. The molecule has 4 nitrogen and oxygen atoms in total. The molecule has 0 radical (unpaired) electrons. The van der Waals surface area contributed by atoms with Gasteiger partial charge in [-0.15, -0.1) is 0 Å². The maximum absolute atomic E-state index is 13.6. The number of H-pyrrole nitrogens is 1. The molecule has 1 N–H and O–H groups in total. The summed E-state index contributed by atoms with van der Waals surface area (Å²) < 4.78 is 46.2. The number of benzene rings is 1. The number of hydrogen-bond acceptors (Lipinski definition) is 3. The highest BCUT2D eigenvalue weighted by molar-refractivity contribution is 5.92. The average Bonchev–Trinajstić information content (AvgIpc) is 3.06. The maximum atomic E-state index is 13.6. The summed E-state index contributed by atoms with van der Waals surface area (Å²) in [5.74, 6) is -0.203. The summed E-state index contributed by atoms with van der Waals surface area (Å²) in [4.78, 5) is 16.6. The van der Waals surface area contributed by atoms with Crippen LogP contribution in [-0.2, 0) is 17.4 Å². The molecule has 0 spiro atoms. The number of aromatic nitrogens is 1. The van der Waals surface area contributed by atoms with E-state index >= 15 is 0 Å². The fourth-order valence-electron chi connectivity index (χ4n) is 3.59. The van der Waals surface area contributed by atoms with E-state index < -0.39 is 17.8 Å².